The smallest absolute Gasteiger partial charge is 0.253 e. The molecule has 9 heteroatoms. The van der Waals surface area contributed by atoms with Crippen molar-refractivity contribution in [1.29, 1.82) is 0 Å². The van der Waals surface area contributed by atoms with Crippen LogP contribution in [0.4, 0.5) is 0 Å². The van der Waals surface area contributed by atoms with Crippen molar-refractivity contribution in [2.24, 2.45) is 0 Å². The Labute approximate surface area is 155 Å². The van der Waals surface area contributed by atoms with Crippen LogP contribution < -0.4 is 0 Å². The van der Waals surface area contributed by atoms with E-state index in [1.807, 2.05) is 6.92 Å². The fourth-order valence-electron chi connectivity index (χ4n) is 3.43. The topological polar surface area (TPSA) is 91.8 Å². The molecule has 2 aliphatic heterocycles. The molecule has 2 heterocycles. The van der Waals surface area contributed by atoms with E-state index in [4.69, 9.17) is 0 Å². The van der Waals surface area contributed by atoms with Gasteiger partial charge in [-0.25, -0.2) is 16.8 Å². The van der Waals surface area contributed by atoms with Crippen LogP contribution >= 0.6 is 0 Å². The lowest BCUT2D eigenvalue weighted by atomic mass is 10.1. The number of carbonyl (C=O) groups is 1. The van der Waals surface area contributed by atoms with Crippen LogP contribution in [0.25, 0.3) is 0 Å². The molecule has 2 aliphatic rings. The Balaban J connectivity index is 1.75. The van der Waals surface area contributed by atoms with Crippen LogP contribution in [0.1, 0.15) is 36.5 Å². The second-order valence-electron chi connectivity index (χ2n) is 6.93. The Bertz CT molecular complexity index is 864. The van der Waals surface area contributed by atoms with Gasteiger partial charge in [0.1, 0.15) is 0 Å². The molecule has 1 unspecified atom stereocenters. The van der Waals surface area contributed by atoms with E-state index < -0.39 is 19.9 Å². The van der Waals surface area contributed by atoms with Crippen LogP contribution in [0.5, 0.6) is 0 Å². The van der Waals surface area contributed by atoms with Crippen molar-refractivity contribution in [2.75, 3.05) is 31.1 Å². The number of carbonyl (C=O) groups excluding carboxylic acids is 1. The second kappa shape index (κ2) is 7.28. The second-order valence-corrected chi connectivity index (χ2v) is 11.1. The van der Waals surface area contributed by atoms with Gasteiger partial charge in [-0.15, -0.1) is 0 Å². The molecule has 0 bridgehead atoms. The van der Waals surface area contributed by atoms with E-state index >= 15 is 0 Å². The largest absolute Gasteiger partial charge is 0.337 e. The van der Waals surface area contributed by atoms with Crippen molar-refractivity contribution in [1.82, 2.24) is 9.21 Å². The molecule has 0 radical (unpaired) electrons. The minimum atomic E-state index is -3.56. The maximum atomic E-state index is 12.8. The number of amides is 1. The van der Waals surface area contributed by atoms with E-state index in [1.165, 1.54) is 33.5 Å². The van der Waals surface area contributed by atoms with Crippen molar-refractivity contribution in [2.45, 2.75) is 37.1 Å². The third-order valence-electron chi connectivity index (χ3n) is 5.08. The molecule has 1 aromatic carbocycles. The van der Waals surface area contributed by atoms with Crippen LogP contribution in [0.15, 0.2) is 29.2 Å². The molecule has 26 heavy (non-hydrogen) atoms. The van der Waals surface area contributed by atoms with E-state index in [9.17, 15) is 21.6 Å². The average Bonchev–Trinajstić information content (AvgIpc) is 2.61. The molecule has 1 aromatic rings. The molecule has 3 rings (SSSR count). The zero-order chi connectivity index (χ0) is 18.9. The summed E-state index contributed by atoms with van der Waals surface area (Å²) in [4.78, 5) is 14.2. The SMILES string of the molecule is CC1CCCCN1S(=O)(=O)c1ccc(C(=O)N2CCS(=O)(=O)CC2)cc1. The number of rotatable bonds is 3. The summed E-state index contributed by atoms with van der Waals surface area (Å²) in [5.41, 5.74) is 0.370. The molecule has 0 saturated carbocycles. The minimum Gasteiger partial charge on any atom is -0.337 e. The van der Waals surface area contributed by atoms with E-state index in [0.29, 0.717) is 12.1 Å². The van der Waals surface area contributed by atoms with Gasteiger partial charge in [0.15, 0.2) is 9.84 Å². The highest BCUT2D eigenvalue weighted by atomic mass is 32.2. The van der Waals surface area contributed by atoms with Gasteiger partial charge in [-0.1, -0.05) is 6.42 Å². The molecule has 7 nitrogen and oxygen atoms in total. The molecule has 0 spiro atoms. The van der Waals surface area contributed by atoms with E-state index in [0.717, 1.165) is 19.3 Å². The Morgan fingerprint density at radius 1 is 1.04 bits per heavy atom. The summed E-state index contributed by atoms with van der Waals surface area (Å²) in [6, 6.07) is 5.92. The maximum absolute atomic E-state index is 12.8. The lowest BCUT2D eigenvalue weighted by molar-refractivity contribution is 0.0770. The summed E-state index contributed by atoms with van der Waals surface area (Å²) in [7, 11) is -6.62. The molecule has 0 N–H and O–H groups in total. The van der Waals surface area contributed by atoms with Gasteiger partial charge in [-0.3, -0.25) is 4.79 Å². The van der Waals surface area contributed by atoms with Gasteiger partial charge in [0.05, 0.1) is 16.4 Å². The number of piperidine rings is 1. The van der Waals surface area contributed by atoms with Crippen molar-refractivity contribution in [3.05, 3.63) is 29.8 Å². The molecule has 0 aliphatic carbocycles. The molecular weight excluding hydrogens is 376 g/mol. The Kier molecular flexibility index (Phi) is 5.41. The Morgan fingerprint density at radius 3 is 2.23 bits per heavy atom. The zero-order valence-corrected chi connectivity index (χ0v) is 16.4. The van der Waals surface area contributed by atoms with Gasteiger partial charge in [0.2, 0.25) is 10.0 Å². The van der Waals surface area contributed by atoms with Gasteiger partial charge >= 0.3 is 0 Å². The number of sulfone groups is 1. The lowest BCUT2D eigenvalue weighted by Gasteiger charge is -2.32. The fraction of sp³-hybridized carbons (Fsp3) is 0.588. The molecular formula is C17H24N2O5S2. The number of nitrogens with zero attached hydrogens (tertiary/aromatic N) is 2. The van der Waals surface area contributed by atoms with Crippen LogP contribution in [0, 0.1) is 0 Å². The third kappa shape index (κ3) is 3.94. The van der Waals surface area contributed by atoms with Crippen molar-refractivity contribution >= 4 is 25.8 Å². The molecule has 1 atom stereocenters. The standard InChI is InChI=1S/C17H24N2O5S2/c1-14-4-2-3-9-19(14)26(23,24)16-7-5-15(6-8-16)17(20)18-10-12-25(21,22)13-11-18/h5-8,14H,2-4,9-13H2,1H3. The Hall–Kier alpha value is -1.45. The fourth-order valence-corrected chi connectivity index (χ4v) is 6.33. The van der Waals surface area contributed by atoms with Crippen molar-refractivity contribution in [3.63, 3.8) is 0 Å². The first-order valence-electron chi connectivity index (χ1n) is 8.82. The van der Waals surface area contributed by atoms with Crippen molar-refractivity contribution in [3.8, 4) is 0 Å². The first-order chi connectivity index (χ1) is 12.2. The molecule has 144 valence electrons. The molecule has 1 amide bonds. The average molecular weight is 401 g/mol. The van der Waals surface area contributed by atoms with Gasteiger partial charge in [0.25, 0.3) is 5.91 Å². The predicted octanol–water partition coefficient (Wildman–Crippen LogP) is 1.12. The summed E-state index contributed by atoms with van der Waals surface area (Å²) in [6.45, 7) is 2.78. The summed E-state index contributed by atoms with van der Waals surface area (Å²) in [5, 5.41) is 0. The summed E-state index contributed by atoms with van der Waals surface area (Å²) >= 11 is 0. The van der Waals surface area contributed by atoms with Crippen LogP contribution in [0.3, 0.4) is 0 Å². The normalized spacial score (nSPS) is 24.3. The summed E-state index contributed by atoms with van der Waals surface area (Å²) in [5.74, 6) is -0.328. The summed E-state index contributed by atoms with van der Waals surface area (Å²) in [6.07, 6.45) is 2.75. The van der Waals surface area contributed by atoms with E-state index in [2.05, 4.69) is 0 Å². The van der Waals surface area contributed by atoms with E-state index in [1.54, 1.807) is 0 Å². The zero-order valence-electron chi connectivity index (χ0n) is 14.8. The van der Waals surface area contributed by atoms with Gasteiger partial charge in [0, 0.05) is 31.2 Å². The quantitative estimate of drug-likeness (QED) is 0.758. The number of hydrogen-bond acceptors (Lipinski definition) is 5. The van der Waals surface area contributed by atoms with Crippen LogP contribution in [0.2, 0.25) is 0 Å². The minimum absolute atomic E-state index is 0.0228. The highest BCUT2D eigenvalue weighted by Gasteiger charge is 2.31. The third-order valence-corrected chi connectivity index (χ3v) is 8.72. The van der Waals surface area contributed by atoms with Crippen LogP contribution in [-0.2, 0) is 19.9 Å². The van der Waals surface area contributed by atoms with E-state index in [-0.39, 0.29) is 41.4 Å². The number of benzene rings is 1. The monoisotopic (exact) mass is 400 g/mol. The first kappa shape index (κ1) is 19.3. The Morgan fingerprint density at radius 2 is 1.65 bits per heavy atom. The molecule has 2 saturated heterocycles. The first-order valence-corrected chi connectivity index (χ1v) is 12.1. The van der Waals surface area contributed by atoms with Crippen molar-refractivity contribution < 1.29 is 21.6 Å². The highest BCUT2D eigenvalue weighted by Crippen LogP contribution is 2.25. The van der Waals surface area contributed by atoms with Crippen LogP contribution in [-0.4, -0.2) is 69.1 Å². The predicted molar refractivity (Wildman–Crippen MR) is 98.2 cm³/mol. The van der Waals surface area contributed by atoms with Gasteiger partial charge < -0.3 is 4.90 Å². The molecule has 0 aromatic heterocycles. The maximum Gasteiger partial charge on any atom is 0.253 e. The number of sulfonamides is 1. The number of hydrogen-bond donors (Lipinski definition) is 0. The van der Waals surface area contributed by atoms with Gasteiger partial charge in [-0.05, 0) is 44.0 Å². The highest BCUT2D eigenvalue weighted by molar-refractivity contribution is 7.91. The molecule has 2 fully saturated rings. The van der Waals surface area contributed by atoms with Gasteiger partial charge in [-0.2, -0.15) is 4.31 Å². The summed E-state index contributed by atoms with van der Waals surface area (Å²) < 4.78 is 50.1. The lowest BCUT2D eigenvalue weighted by Crippen LogP contribution is -2.43.